The van der Waals surface area contributed by atoms with Crippen molar-refractivity contribution in [3.8, 4) is 0 Å². The zero-order valence-corrected chi connectivity index (χ0v) is 95.9. The lowest BCUT2D eigenvalue weighted by Gasteiger charge is -2.22. The Bertz CT molecular complexity index is 2320. The fraction of sp³-hybridized carbons (Fsp3) is 0.939. The summed E-state index contributed by atoms with van der Waals surface area (Å²) in [6.07, 6.45) is 29.7. The van der Waals surface area contributed by atoms with E-state index in [1.165, 1.54) is 70.6 Å². The van der Waals surface area contributed by atoms with Gasteiger partial charge in [-0.15, -0.1) is 0 Å². The zero-order valence-electron chi connectivity index (χ0n) is 95.9. The van der Waals surface area contributed by atoms with Gasteiger partial charge in [-0.1, -0.05) is 320 Å². The summed E-state index contributed by atoms with van der Waals surface area (Å²) < 4.78 is 70.2. The van der Waals surface area contributed by atoms with Crippen LogP contribution >= 0.6 is 0 Å². The summed E-state index contributed by atoms with van der Waals surface area (Å²) >= 11 is 0. The molecule has 0 heterocycles. The third kappa shape index (κ3) is 144. The lowest BCUT2D eigenvalue weighted by molar-refractivity contribution is -0.147. The van der Waals surface area contributed by atoms with Gasteiger partial charge >= 0.3 is 5.97 Å². The molecule has 0 spiro atoms. The predicted octanol–water partition coefficient (Wildman–Crippen LogP) is 28.8. The molecular formula is C114H232O20. The van der Waals surface area contributed by atoms with Crippen LogP contribution in [0.3, 0.4) is 0 Å². The first-order valence-electron chi connectivity index (χ1n) is 54.1. The Kier molecular flexibility index (Phi) is 123. The fourth-order valence-corrected chi connectivity index (χ4v) is 10.1. The van der Waals surface area contributed by atoms with Crippen LogP contribution in [0.2, 0.25) is 0 Å². The summed E-state index contributed by atoms with van der Waals surface area (Å²) in [7, 11) is 0. The number of unbranched alkanes of at least 4 members (excludes halogenated alkanes) is 8. The molecule has 0 aliphatic heterocycles. The van der Waals surface area contributed by atoms with Gasteiger partial charge in [0.1, 0.15) is 38.8 Å². The van der Waals surface area contributed by atoms with Crippen molar-refractivity contribution in [2.24, 2.45) is 107 Å². The maximum absolute atomic E-state index is 11.3. The second-order valence-electron chi connectivity index (χ2n) is 43.2. The number of Topliss-reactive ketones (excluding diaryl/α,β-unsaturated/α-hetero) is 6. The number of esters is 1. The highest BCUT2D eigenvalue weighted by Crippen LogP contribution is 2.15. The van der Waals surface area contributed by atoms with E-state index in [4.69, 9.17) is 61.6 Å². The minimum absolute atomic E-state index is 0.00524. The Labute approximate surface area is 832 Å². The first-order valence-corrected chi connectivity index (χ1v) is 54.1. The smallest absolute Gasteiger partial charge is 0.308 e. The lowest BCUT2D eigenvalue weighted by Crippen LogP contribution is -2.27. The average Bonchev–Trinajstić information content (AvgIpc) is 0.967. The quantitative estimate of drug-likeness (QED) is 0.0406. The van der Waals surface area contributed by atoms with Crippen molar-refractivity contribution in [3.05, 3.63) is 0 Å². The van der Waals surface area contributed by atoms with Crippen molar-refractivity contribution in [1.29, 1.82) is 0 Å². The lowest BCUT2D eigenvalue weighted by atomic mass is 10.1. The van der Waals surface area contributed by atoms with Crippen LogP contribution in [-0.4, -0.2) is 205 Å². The highest BCUT2D eigenvalue weighted by molar-refractivity contribution is 5.83. The van der Waals surface area contributed by atoms with Crippen LogP contribution in [0.1, 0.15) is 430 Å². The highest BCUT2D eigenvalue weighted by Gasteiger charge is 2.16. The number of carbonyl (C=O) groups is 7. The van der Waals surface area contributed by atoms with Crippen LogP contribution in [0.25, 0.3) is 0 Å². The van der Waals surface area contributed by atoms with Crippen molar-refractivity contribution in [2.45, 2.75) is 442 Å². The molecular weight excluding hydrogens is 1690 g/mol. The van der Waals surface area contributed by atoms with E-state index in [1.54, 1.807) is 0 Å². The van der Waals surface area contributed by atoms with E-state index >= 15 is 0 Å². The molecule has 808 valence electrons. The number of ether oxygens (including phenoxy) is 13. The maximum atomic E-state index is 11.3. The van der Waals surface area contributed by atoms with Crippen molar-refractivity contribution in [3.63, 3.8) is 0 Å². The van der Waals surface area contributed by atoms with Crippen molar-refractivity contribution >= 4 is 40.7 Å². The summed E-state index contributed by atoms with van der Waals surface area (Å²) in [5, 5.41) is 0. The molecule has 20 heteroatoms. The molecule has 0 fully saturated rings. The van der Waals surface area contributed by atoms with Crippen LogP contribution in [0.4, 0.5) is 0 Å². The molecule has 0 N–H and O–H groups in total. The van der Waals surface area contributed by atoms with E-state index < -0.39 is 0 Å². The van der Waals surface area contributed by atoms with Crippen LogP contribution in [0.15, 0.2) is 0 Å². The number of ketones is 6. The number of hydrogen-bond acceptors (Lipinski definition) is 20. The molecule has 0 saturated carbocycles. The van der Waals surface area contributed by atoms with Gasteiger partial charge in [0.25, 0.3) is 0 Å². The van der Waals surface area contributed by atoms with Crippen molar-refractivity contribution in [1.82, 2.24) is 0 Å². The molecule has 0 aliphatic rings. The zero-order chi connectivity index (χ0) is 104. The van der Waals surface area contributed by atoms with Crippen LogP contribution in [-0.2, 0) is 95.1 Å². The Morgan fingerprint density at radius 2 is 0.343 bits per heavy atom. The van der Waals surface area contributed by atoms with E-state index in [2.05, 4.69) is 166 Å². The minimum Gasteiger partial charge on any atom is -0.465 e. The summed E-state index contributed by atoms with van der Waals surface area (Å²) in [6.45, 7) is 94.4. The normalized spacial score (nSPS) is 11.9. The molecule has 0 radical (unpaired) electrons. The second kappa shape index (κ2) is 110. The average molecular weight is 1920 g/mol. The number of rotatable bonds is 79. The van der Waals surface area contributed by atoms with Gasteiger partial charge in [0.2, 0.25) is 0 Å². The van der Waals surface area contributed by atoms with E-state index in [0.717, 1.165) is 211 Å². The Balaban J connectivity index is -0.000000188. The largest absolute Gasteiger partial charge is 0.465 e. The monoisotopic (exact) mass is 1920 g/mol. The van der Waals surface area contributed by atoms with Gasteiger partial charge in [0.15, 0.2) is 28.9 Å². The van der Waals surface area contributed by atoms with Crippen LogP contribution in [0, 0.1) is 107 Å². The maximum Gasteiger partial charge on any atom is 0.308 e. The molecule has 0 aliphatic carbocycles. The molecule has 0 saturated heterocycles. The molecule has 0 amide bonds. The van der Waals surface area contributed by atoms with Gasteiger partial charge in [0, 0.05) is 134 Å². The molecule has 0 rings (SSSR count). The van der Waals surface area contributed by atoms with E-state index in [1.807, 2.05) is 96.9 Å². The summed E-state index contributed by atoms with van der Waals surface area (Å²) in [5.74, 6) is 9.90. The molecule has 0 aromatic heterocycles. The van der Waals surface area contributed by atoms with E-state index in [-0.39, 0.29) is 108 Å². The second-order valence-corrected chi connectivity index (χ2v) is 43.2. The van der Waals surface area contributed by atoms with Gasteiger partial charge in [-0.25, -0.2) is 0 Å². The summed E-state index contributed by atoms with van der Waals surface area (Å²) in [5.41, 5.74) is 0. The molecule has 2 atom stereocenters. The molecule has 0 aromatic carbocycles. The van der Waals surface area contributed by atoms with Crippen LogP contribution < -0.4 is 0 Å². The number of carbonyl (C=O) groups excluding carboxylic acids is 7. The Morgan fingerprint density at radius 1 is 0.157 bits per heavy atom. The fourth-order valence-electron chi connectivity index (χ4n) is 10.1. The van der Waals surface area contributed by atoms with Crippen LogP contribution in [0.5, 0.6) is 0 Å². The third-order valence-electron chi connectivity index (χ3n) is 21.0. The van der Waals surface area contributed by atoms with Gasteiger partial charge in [0.05, 0.1) is 44.6 Å². The van der Waals surface area contributed by atoms with Gasteiger partial charge < -0.3 is 61.6 Å². The number of hydrogen-bond donors (Lipinski definition) is 0. The third-order valence-corrected chi connectivity index (χ3v) is 21.0. The Morgan fingerprint density at radius 3 is 0.597 bits per heavy atom. The van der Waals surface area contributed by atoms with Gasteiger partial charge in [-0.3, -0.25) is 33.6 Å². The topological polar surface area (TPSA) is 239 Å². The minimum atomic E-state index is -0.0751. The molecule has 134 heavy (non-hydrogen) atoms. The van der Waals surface area contributed by atoms with Gasteiger partial charge in [-0.2, -0.15) is 0 Å². The first-order chi connectivity index (χ1) is 62.8. The molecule has 0 aromatic rings. The van der Waals surface area contributed by atoms with Gasteiger partial charge in [-0.05, 0) is 169 Å². The summed E-state index contributed by atoms with van der Waals surface area (Å²) in [4.78, 5) is 78.2. The summed E-state index contributed by atoms with van der Waals surface area (Å²) in [6, 6.07) is 0. The first kappa shape index (κ1) is 149. The SMILES string of the molecule is CC(C)CCCCCOC(=O)C(C)C.CC(C)CCCCCOCC(=O)C(C)C.CC(C)CCCCCOCCC(=O)C(C)C.CC(C)CCCCOCC(=O)C(C)C.CC(C)CCOCC(=O)C(C)C.CC(C)CCOCCCCOCC(=O)C(C)C.CC(C)CCOCCCOCC(=O)C(C)C.CC(C)CCOCCOCCC(C)C.CC(C)CCO[C@H](C)[C@@H](C)OCCC(C)C. The predicted molar refractivity (Wildman–Crippen MR) is 567 cm³/mol. The molecule has 0 unspecified atom stereocenters. The van der Waals surface area contributed by atoms with E-state index in [0.29, 0.717) is 88.0 Å². The molecule has 0 bridgehead atoms. The van der Waals surface area contributed by atoms with Crippen molar-refractivity contribution < 1.29 is 95.1 Å². The highest BCUT2D eigenvalue weighted by atomic mass is 16.5. The standard InChI is InChI=1S/C14H28O3.C14H30O2.C14H28O2.C13H26O3.C13H26O2.C12H26O2.2C12H24O2.C10H20O2/c1-12(2)7-10-16-8-5-6-9-17-11-14(15)13(3)4;1-11(2)7-9-15-13(5)14(6)16-10-8-12(3)4;1-12(2)8-6-5-7-10-16-11-9-14(15)13(3)4;1-11(2)6-9-15-7-5-8-16-10-13(14)12(3)4;1-11(2)8-6-5-7-9-15-10-13(14)12(3)4;1-11(2)5-7-13-9-10-14-8-6-12(3)4;1-10(2)7-5-6-8-14-9-12(13)11(3)4;1-10(2)8-6-5-7-9-14-12(13)11(3)4;1-8(2)5-6-12-7-10(11)9(3)4/h12-13H,5-11H2,1-4H3;11-14H,7-10H2,1-6H3;12-13H,5-11H2,1-4H3;11-12H,5-10H2,1-4H3;11-12H,5-10H2,1-4H3;11-12H,5-10H2,1-4H3;2*10-11H,5-9H2,1-4H3;8-9H,5-7H2,1-4H3/t;13-,14-;;;;;;;/m.1......./s1. The molecule has 20 nitrogen and oxygen atoms in total. The van der Waals surface area contributed by atoms with E-state index in [9.17, 15) is 33.6 Å². The Hall–Kier alpha value is -2.99. The van der Waals surface area contributed by atoms with Crippen molar-refractivity contribution in [2.75, 3.05) is 152 Å².